The maximum absolute atomic E-state index is 12.3. The summed E-state index contributed by atoms with van der Waals surface area (Å²) in [5.74, 6) is 0.416. The SMILES string of the molecule is Cc1nnnn1-c1cccc(NC(=O)c2ccn(C(C)C)n2)c1. The molecule has 0 atom stereocenters. The van der Waals surface area contributed by atoms with E-state index in [1.54, 1.807) is 33.8 Å². The van der Waals surface area contributed by atoms with E-state index in [0.29, 0.717) is 17.2 Å². The zero-order valence-corrected chi connectivity index (χ0v) is 13.1. The van der Waals surface area contributed by atoms with Crippen molar-refractivity contribution in [2.45, 2.75) is 26.8 Å². The lowest BCUT2D eigenvalue weighted by molar-refractivity contribution is 0.102. The number of aromatic nitrogens is 6. The number of aryl methyl sites for hydroxylation is 1. The fraction of sp³-hybridized carbons (Fsp3) is 0.267. The summed E-state index contributed by atoms with van der Waals surface area (Å²) in [7, 11) is 0. The molecule has 0 saturated heterocycles. The highest BCUT2D eigenvalue weighted by Gasteiger charge is 2.12. The van der Waals surface area contributed by atoms with E-state index < -0.39 is 0 Å². The van der Waals surface area contributed by atoms with Crippen LogP contribution in [0, 0.1) is 6.92 Å². The lowest BCUT2D eigenvalue weighted by Gasteiger charge is -2.07. The average molecular weight is 311 g/mol. The highest BCUT2D eigenvalue weighted by Crippen LogP contribution is 2.15. The van der Waals surface area contributed by atoms with Crippen molar-refractivity contribution in [3.8, 4) is 5.69 Å². The number of carbonyl (C=O) groups excluding carboxylic acids is 1. The van der Waals surface area contributed by atoms with Gasteiger partial charge < -0.3 is 5.32 Å². The number of rotatable bonds is 4. The summed E-state index contributed by atoms with van der Waals surface area (Å²) in [6.07, 6.45) is 1.79. The Morgan fingerprint density at radius 2 is 2.09 bits per heavy atom. The van der Waals surface area contributed by atoms with E-state index in [0.717, 1.165) is 5.69 Å². The predicted molar refractivity (Wildman–Crippen MR) is 84.5 cm³/mol. The van der Waals surface area contributed by atoms with Gasteiger partial charge in [0.1, 0.15) is 0 Å². The topological polar surface area (TPSA) is 90.5 Å². The number of anilines is 1. The minimum Gasteiger partial charge on any atom is -0.321 e. The summed E-state index contributed by atoms with van der Waals surface area (Å²) in [4.78, 5) is 12.3. The minimum absolute atomic E-state index is 0.211. The number of nitrogens with one attached hydrogen (secondary N) is 1. The van der Waals surface area contributed by atoms with Gasteiger partial charge in [-0.05, 0) is 55.5 Å². The van der Waals surface area contributed by atoms with Gasteiger partial charge in [0, 0.05) is 17.9 Å². The summed E-state index contributed by atoms with van der Waals surface area (Å²) in [5.41, 5.74) is 1.81. The number of amides is 1. The minimum atomic E-state index is -0.255. The van der Waals surface area contributed by atoms with Gasteiger partial charge in [0.15, 0.2) is 11.5 Å². The first-order chi connectivity index (χ1) is 11.0. The number of tetrazole rings is 1. The van der Waals surface area contributed by atoms with Crippen LogP contribution in [0.4, 0.5) is 5.69 Å². The van der Waals surface area contributed by atoms with Crippen molar-refractivity contribution < 1.29 is 4.79 Å². The van der Waals surface area contributed by atoms with Gasteiger partial charge in [-0.3, -0.25) is 9.48 Å². The Morgan fingerprint density at radius 3 is 2.74 bits per heavy atom. The van der Waals surface area contributed by atoms with E-state index in [1.807, 2.05) is 32.9 Å². The molecule has 118 valence electrons. The van der Waals surface area contributed by atoms with Crippen LogP contribution in [0.3, 0.4) is 0 Å². The first-order valence-corrected chi connectivity index (χ1v) is 7.26. The van der Waals surface area contributed by atoms with Crippen molar-refractivity contribution in [3.63, 3.8) is 0 Å². The zero-order valence-electron chi connectivity index (χ0n) is 13.1. The lowest BCUT2D eigenvalue weighted by Crippen LogP contribution is -2.14. The van der Waals surface area contributed by atoms with Gasteiger partial charge in [0.05, 0.1) is 5.69 Å². The normalized spacial score (nSPS) is 11.0. The van der Waals surface area contributed by atoms with E-state index in [9.17, 15) is 4.79 Å². The monoisotopic (exact) mass is 311 g/mol. The van der Waals surface area contributed by atoms with Crippen LogP contribution >= 0.6 is 0 Å². The molecule has 8 nitrogen and oxygen atoms in total. The summed E-state index contributed by atoms with van der Waals surface area (Å²) in [6, 6.07) is 9.22. The molecule has 1 N–H and O–H groups in total. The van der Waals surface area contributed by atoms with Gasteiger partial charge in [-0.25, -0.2) is 0 Å². The smallest absolute Gasteiger partial charge is 0.276 e. The number of hydrogen-bond acceptors (Lipinski definition) is 5. The number of benzene rings is 1. The maximum atomic E-state index is 12.3. The molecule has 2 heterocycles. The Kier molecular flexibility index (Phi) is 3.88. The van der Waals surface area contributed by atoms with Gasteiger partial charge in [0.2, 0.25) is 0 Å². The Bertz CT molecular complexity index is 834. The second-order valence-corrected chi connectivity index (χ2v) is 5.42. The molecular formula is C15H17N7O. The van der Waals surface area contributed by atoms with E-state index in [2.05, 4.69) is 25.9 Å². The number of nitrogens with zero attached hydrogens (tertiary/aromatic N) is 6. The first kappa shape index (κ1) is 14.9. The zero-order chi connectivity index (χ0) is 16.4. The van der Waals surface area contributed by atoms with Crippen LogP contribution in [0.1, 0.15) is 36.2 Å². The molecule has 0 radical (unpaired) electrons. The molecule has 3 aromatic rings. The fourth-order valence-electron chi connectivity index (χ4n) is 2.13. The third kappa shape index (κ3) is 3.10. The molecule has 0 aliphatic heterocycles. The Morgan fingerprint density at radius 1 is 1.26 bits per heavy atom. The standard InChI is InChI=1S/C15H17N7O/c1-10(2)21-8-7-14(18-21)15(23)16-12-5-4-6-13(9-12)22-11(3)17-19-20-22/h4-10H,1-3H3,(H,16,23). The van der Waals surface area contributed by atoms with Gasteiger partial charge in [-0.15, -0.1) is 5.10 Å². The molecule has 8 heteroatoms. The molecule has 0 saturated carbocycles. The second kappa shape index (κ2) is 5.99. The lowest BCUT2D eigenvalue weighted by atomic mass is 10.2. The summed E-state index contributed by atoms with van der Waals surface area (Å²) < 4.78 is 3.35. The van der Waals surface area contributed by atoms with Crippen LogP contribution in [0.25, 0.3) is 5.69 Å². The molecule has 0 bridgehead atoms. The molecular weight excluding hydrogens is 294 g/mol. The van der Waals surface area contributed by atoms with Crippen LogP contribution in [0.2, 0.25) is 0 Å². The predicted octanol–water partition coefficient (Wildman–Crippen LogP) is 2.00. The molecule has 1 amide bonds. The molecule has 2 aromatic heterocycles. The van der Waals surface area contributed by atoms with Gasteiger partial charge in [-0.1, -0.05) is 6.07 Å². The number of hydrogen-bond donors (Lipinski definition) is 1. The summed E-state index contributed by atoms with van der Waals surface area (Å²) in [5, 5.41) is 18.5. The largest absolute Gasteiger partial charge is 0.321 e. The van der Waals surface area contributed by atoms with Crippen molar-refractivity contribution in [2.75, 3.05) is 5.32 Å². The molecule has 3 rings (SSSR count). The third-order valence-electron chi connectivity index (χ3n) is 3.34. The average Bonchev–Trinajstić information content (AvgIpc) is 3.16. The van der Waals surface area contributed by atoms with Crippen molar-refractivity contribution in [1.82, 2.24) is 30.0 Å². The summed E-state index contributed by atoms with van der Waals surface area (Å²) in [6.45, 7) is 5.82. The van der Waals surface area contributed by atoms with Crippen molar-refractivity contribution in [1.29, 1.82) is 0 Å². The van der Waals surface area contributed by atoms with Crippen LogP contribution < -0.4 is 5.32 Å². The molecule has 0 spiro atoms. The van der Waals surface area contributed by atoms with Crippen molar-refractivity contribution >= 4 is 11.6 Å². The van der Waals surface area contributed by atoms with Crippen LogP contribution in [-0.4, -0.2) is 35.9 Å². The van der Waals surface area contributed by atoms with Crippen LogP contribution in [0.15, 0.2) is 36.5 Å². The summed E-state index contributed by atoms with van der Waals surface area (Å²) >= 11 is 0. The quantitative estimate of drug-likeness (QED) is 0.796. The third-order valence-corrected chi connectivity index (χ3v) is 3.34. The first-order valence-electron chi connectivity index (χ1n) is 7.26. The Labute approximate surface area is 133 Å². The molecule has 0 unspecified atom stereocenters. The van der Waals surface area contributed by atoms with Gasteiger partial charge >= 0.3 is 0 Å². The highest BCUT2D eigenvalue weighted by molar-refractivity contribution is 6.02. The number of carbonyl (C=O) groups is 1. The highest BCUT2D eigenvalue weighted by atomic mass is 16.1. The van der Waals surface area contributed by atoms with Gasteiger partial charge in [-0.2, -0.15) is 9.78 Å². The Hall–Kier alpha value is -3.03. The van der Waals surface area contributed by atoms with Gasteiger partial charge in [0.25, 0.3) is 5.91 Å². The van der Waals surface area contributed by atoms with Crippen LogP contribution in [-0.2, 0) is 0 Å². The molecule has 0 aliphatic carbocycles. The van der Waals surface area contributed by atoms with E-state index in [1.165, 1.54) is 0 Å². The second-order valence-electron chi connectivity index (χ2n) is 5.42. The molecule has 1 aromatic carbocycles. The van der Waals surface area contributed by atoms with Crippen LogP contribution in [0.5, 0.6) is 0 Å². The van der Waals surface area contributed by atoms with E-state index in [4.69, 9.17) is 0 Å². The molecule has 23 heavy (non-hydrogen) atoms. The van der Waals surface area contributed by atoms with E-state index >= 15 is 0 Å². The molecule has 0 aliphatic rings. The van der Waals surface area contributed by atoms with E-state index in [-0.39, 0.29) is 11.9 Å². The fourth-order valence-corrected chi connectivity index (χ4v) is 2.13. The van der Waals surface area contributed by atoms with Crippen molar-refractivity contribution in [3.05, 3.63) is 48.0 Å². The molecule has 0 fully saturated rings. The van der Waals surface area contributed by atoms with Crippen molar-refractivity contribution in [2.24, 2.45) is 0 Å². The Balaban J connectivity index is 1.80. The maximum Gasteiger partial charge on any atom is 0.276 e.